The fourth-order valence-electron chi connectivity index (χ4n) is 1.86. The van der Waals surface area contributed by atoms with E-state index in [0.717, 1.165) is 11.6 Å². The van der Waals surface area contributed by atoms with Crippen LogP contribution in [0.5, 0.6) is 0 Å². The molecule has 6 heteroatoms. The van der Waals surface area contributed by atoms with E-state index < -0.39 is 11.6 Å². The quantitative estimate of drug-likeness (QED) is 0.913. The summed E-state index contributed by atoms with van der Waals surface area (Å²) in [6, 6.07) is 4.54. The third kappa shape index (κ3) is 3.20. The zero-order valence-electron chi connectivity index (χ0n) is 11.4. The van der Waals surface area contributed by atoms with Crippen molar-refractivity contribution in [2.24, 2.45) is 0 Å². The first-order valence-corrected chi connectivity index (χ1v) is 6.31. The van der Waals surface area contributed by atoms with E-state index in [1.54, 1.807) is 24.3 Å². The van der Waals surface area contributed by atoms with Crippen LogP contribution in [0.3, 0.4) is 0 Å². The van der Waals surface area contributed by atoms with Gasteiger partial charge in [-0.2, -0.15) is 0 Å². The Hall–Kier alpha value is -2.24. The highest BCUT2D eigenvalue weighted by Gasteiger charge is 2.15. The van der Waals surface area contributed by atoms with Gasteiger partial charge in [0.2, 0.25) is 0 Å². The maximum atomic E-state index is 13.8. The smallest absolute Gasteiger partial charge is 0.168 e. The van der Waals surface area contributed by atoms with Crippen LogP contribution < -0.4 is 10.2 Å². The van der Waals surface area contributed by atoms with Crippen LogP contribution in [-0.2, 0) is 6.54 Å². The fourth-order valence-corrected chi connectivity index (χ4v) is 1.86. The molecule has 0 aliphatic rings. The van der Waals surface area contributed by atoms with Crippen LogP contribution in [0.25, 0.3) is 0 Å². The zero-order valence-corrected chi connectivity index (χ0v) is 11.4. The van der Waals surface area contributed by atoms with E-state index in [1.165, 1.54) is 0 Å². The van der Waals surface area contributed by atoms with Gasteiger partial charge < -0.3 is 10.2 Å². The van der Waals surface area contributed by atoms with Crippen molar-refractivity contribution >= 4 is 11.6 Å². The van der Waals surface area contributed by atoms with Crippen molar-refractivity contribution in [3.05, 3.63) is 47.8 Å². The predicted molar refractivity (Wildman–Crippen MR) is 74.7 cm³/mol. The Morgan fingerprint density at radius 2 is 2.10 bits per heavy atom. The molecule has 0 aliphatic heterocycles. The van der Waals surface area contributed by atoms with Gasteiger partial charge in [-0.15, -0.1) is 0 Å². The molecule has 0 aromatic carbocycles. The van der Waals surface area contributed by atoms with Crippen molar-refractivity contribution in [2.75, 3.05) is 23.8 Å². The molecule has 106 valence electrons. The Balaban J connectivity index is 2.25. The number of anilines is 2. The third-order valence-electron chi connectivity index (χ3n) is 2.76. The SMILES string of the molecule is CCNc1nc(N(C)Cc2cccnc2)c(F)cc1F. The molecule has 2 rings (SSSR count). The van der Waals surface area contributed by atoms with E-state index in [4.69, 9.17) is 0 Å². The van der Waals surface area contributed by atoms with Crippen LogP contribution in [0.2, 0.25) is 0 Å². The minimum Gasteiger partial charge on any atom is -0.368 e. The molecular weight excluding hydrogens is 262 g/mol. The third-order valence-corrected chi connectivity index (χ3v) is 2.76. The average Bonchev–Trinajstić information content (AvgIpc) is 2.43. The maximum absolute atomic E-state index is 13.8. The lowest BCUT2D eigenvalue weighted by atomic mass is 10.2. The summed E-state index contributed by atoms with van der Waals surface area (Å²) in [6.07, 6.45) is 3.37. The van der Waals surface area contributed by atoms with Gasteiger partial charge in [0.25, 0.3) is 0 Å². The van der Waals surface area contributed by atoms with Gasteiger partial charge in [-0.3, -0.25) is 4.98 Å². The topological polar surface area (TPSA) is 41.1 Å². The van der Waals surface area contributed by atoms with Gasteiger partial charge in [0.05, 0.1) is 0 Å². The molecule has 4 nitrogen and oxygen atoms in total. The Kier molecular flexibility index (Phi) is 4.45. The second-order valence-corrected chi connectivity index (χ2v) is 4.37. The Morgan fingerprint density at radius 1 is 1.30 bits per heavy atom. The molecule has 0 spiro atoms. The summed E-state index contributed by atoms with van der Waals surface area (Å²) in [5.74, 6) is -1.22. The summed E-state index contributed by atoms with van der Waals surface area (Å²) >= 11 is 0. The molecule has 0 saturated carbocycles. The lowest BCUT2D eigenvalue weighted by molar-refractivity contribution is 0.572. The summed E-state index contributed by atoms with van der Waals surface area (Å²) in [4.78, 5) is 9.62. The van der Waals surface area contributed by atoms with Gasteiger partial charge in [0, 0.05) is 38.6 Å². The number of nitrogens with one attached hydrogen (secondary N) is 1. The van der Waals surface area contributed by atoms with E-state index in [9.17, 15) is 8.78 Å². The van der Waals surface area contributed by atoms with Crippen LogP contribution in [-0.4, -0.2) is 23.6 Å². The number of hydrogen-bond donors (Lipinski definition) is 1. The lowest BCUT2D eigenvalue weighted by Gasteiger charge is -2.19. The normalized spacial score (nSPS) is 10.4. The molecule has 0 atom stereocenters. The second kappa shape index (κ2) is 6.27. The van der Waals surface area contributed by atoms with Crippen molar-refractivity contribution in [3.63, 3.8) is 0 Å². The molecule has 0 saturated heterocycles. The van der Waals surface area contributed by atoms with Crippen molar-refractivity contribution in [2.45, 2.75) is 13.5 Å². The van der Waals surface area contributed by atoms with Gasteiger partial charge in [0.1, 0.15) is 0 Å². The molecule has 2 heterocycles. The second-order valence-electron chi connectivity index (χ2n) is 4.37. The van der Waals surface area contributed by atoms with Crippen LogP contribution in [0.1, 0.15) is 12.5 Å². The summed E-state index contributed by atoms with van der Waals surface area (Å²) in [5.41, 5.74) is 0.922. The molecule has 0 amide bonds. The molecule has 0 radical (unpaired) electrons. The molecule has 0 fully saturated rings. The largest absolute Gasteiger partial charge is 0.368 e. The fraction of sp³-hybridized carbons (Fsp3) is 0.286. The minimum absolute atomic E-state index is 0.0573. The Bertz CT molecular complexity index is 575. The number of pyridine rings is 2. The maximum Gasteiger partial charge on any atom is 0.168 e. The molecule has 0 bridgehead atoms. The number of nitrogens with zero attached hydrogens (tertiary/aromatic N) is 3. The van der Waals surface area contributed by atoms with Gasteiger partial charge in [-0.25, -0.2) is 13.8 Å². The molecule has 0 unspecified atom stereocenters. The van der Waals surface area contributed by atoms with Crippen LogP contribution in [0.4, 0.5) is 20.4 Å². The highest BCUT2D eigenvalue weighted by molar-refractivity contribution is 5.49. The monoisotopic (exact) mass is 278 g/mol. The summed E-state index contributed by atoms with van der Waals surface area (Å²) in [6.45, 7) is 2.78. The van der Waals surface area contributed by atoms with Crippen LogP contribution in [0, 0.1) is 11.6 Å². The molecule has 20 heavy (non-hydrogen) atoms. The number of rotatable bonds is 5. The van der Waals surface area contributed by atoms with Crippen molar-refractivity contribution in [3.8, 4) is 0 Å². The average molecular weight is 278 g/mol. The predicted octanol–water partition coefficient (Wildman–Crippen LogP) is 2.82. The van der Waals surface area contributed by atoms with E-state index >= 15 is 0 Å². The molecule has 2 aromatic rings. The van der Waals surface area contributed by atoms with Gasteiger partial charge >= 0.3 is 0 Å². The Labute approximate surface area is 116 Å². The number of hydrogen-bond acceptors (Lipinski definition) is 4. The van der Waals surface area contributed by atoms with Gasteiger partial charge in [-0.1, -0.05) is 6.07 Å². The number of halogens is 2. The first-order chi connectivity index (χ1) is 9.61. The van der Waals surface area contributed by atoms with Gasteiger partial charge in [-0.05, 0) is 18.6 Å². The summed E-state index contributed by atoms with van der Waals surface area (Å²) in [5, 5.41) is 2.77. The first-order valence-electron chi connectivity index (χ1n) is 6.31. The highest BCUT2D eigenvalue weighted by Crippen LogP contribution is 2.22. The number of aromatic nitrogens is 2. The summed E-state index contributed by atoms with van der Waals surface area (Å²) < 4.78 is 27.4. The van der Waals surface area contributed by atoms with Crippen LogP contribution >= 0.6 is 0 Å². The van der Waals surface area contributed by atoms with E-state index in [-0.39, 0.29) is 11.6 Å². The first kappa shape index (κ1) is 14.2. The standard InChI is InChI=1S/C14H16F2N4/c1-3-18-13-11(15)7-12(16)14(19-13)20(2)9-10-5-4-6-17-8-10/h4-8H,3,9H2,1-2H3,(H,18,19). The minimum atomic E-state index is -0.692. The van der Waals surface area contributed by atoms with E-state index in [2.05, 4.69) is 15.3 Å². The van der Waals surface area contributed by atoms with Crippen molar-refractivity contribution in [1.29, 1.82) is 0 Å². The molecule has 2 aromatic heterocycles. The summed E-state index contributed by atoms with van der Waals surface area (Å²) in [7, 11) is 1.70. The van der Waals surface area contributed by atoms with Crippen molar-refractivity contribution < 1.29 is 8.78 Å². The van der Waals surface area contributed by atoms with Gasteiger partial charge in [0.15, 0.2) is 23.3 Å². The van der Waals surface area contributed by atoms with Crippen molar-refractivity contribution in [1.82, 2.24) is 9.97 Å². The lowest BCUT2D eigenvalue weighted by Crippen LogP contribution is -2.20. The van der Waals surface area contributed by atoms with E-state index in [1.807, 2.05) is 19.1 Å². The Morgan fingerprint density at radius 3 is 2.75 bits per heavy atom. The molecule has 1 N–H and O–H groups in total. The van der Waals surface area contributed by atoms with Crippen LogP contribution in [0.15, 0.2) is 30.6 Å². The molecule has 0 aliphatic carbocycles. The zero-order chi connectivity index (χ0) is 14.5. The van der Waals surface area contributed by atoms with E-state index in [0.29, 0.717) is 13.1 Å². The highest BCUT2D eigenvalue weighted by atomic mass is 19.1. The molecular formula is C14H16F2N4.